The Balaban J connectivity index is 1.84. The molecule has 2 aromatic heterocycles. The topological polar surface area (TPSA) is 268 Å². The van der Waals surface area contributed by atoms with Gasteiger partial charge >= 0.3 is 30.1 Å². The molecule has 198 valence electrons. The number of alkyl halides is 2. The van der Waals surface area contributed by atoms with E-state index in [1.54, 1.807) is 0 Å². The largest absolute Gasteiger partial charge is 0.490 e. The Hall–Kier alpha value is -1.50. The average molecular weight is 571 g/mol. The highest BCUT2D eigenvalue weighted by Crippen LogP contribution is 2.66. The average Bonchev–Trinajstić information content (AvgIpc) is 3.20. The minimum absolute atomic E-state index is 0.00491. The normalized spacial score (nSPS) is 28.9. The number of ether oxygens (including phenoxy) is 2. The van der Waals surface area contributed by atoms with Crippen molar-refractivity contribution in [1.82, 2.24) is 19.5 Å². The van der Waals surface area contributed by atoms with Crippen molar-refractivity contribution in [3.63, 3.8) is 0 Å². The summed E-state index contributed by atoms with van der Waals surface area (Å²) in [5.41, 5.74) is 3.63. The zero-order valence-electron chi connectivity index (χ0n) is 17.1. The summed E-state index contributed by atoms with van der Waals surface area (Å²) in [6.07, 6.45) is -3.28. The molecule has 2 aromatic rings. The molecule has 3 heterocycles. The van der Waals surface area contributed by atoms with Crippen LogP contribution in [-0.4, -0.2) is 75.2 Å². The van der Waals surface area contributed by atoms with E-state index in [2.05, 4.69) is 32.8 Å². The van der Waals surface area contributed by atoms with E-state index in [-0.39, 0.29) is 17.0 Å². The van der Waals surface area contributed by atoms with Gasteiger partial charge in [0, 0.05) is 0 Å². The van der Waals surface area contributed by atoms with E-state index in [1.165, 1.54) is 0 Å². The van der Waals surface area contributed by atoms with Crippen LogP contribution in [0.4, 0.5) is 14.6 Å². The lowest BCUT2D eigenvalue weighted by Crippen LogP contribution is -2.45. The van der Waals surface area contributed by atoms with Gasteiger partial charge in [-0.3, -0.25) is 9.09 Å². The molecule has 3 rings (SSSR count). The van der Waals surface area contributed by atoms with Crippen LogP contribution in [0, 0.1) is 0 Å². The molecule has 1 aliphatic rings. The number of phosphoric acid groups is 3. The van der Waals surface area contributed by atoms with E-state index in [1.807, 2.05) is 0 Å². The summed E-state index contributed by atoms with van der Waals surface area (Å²) in [4.78, 5) is 47.6. The molecule has 0 aromatic carbocycles. The number of hydrogen-bond acceptors (Lipinski definition) is 13. The van der Waals surface area contributed by atoms with Crippen molar-refractivity contribution in [1.29, 1.82) is 0 Å². The summed E-state index contributed by atoms with van der Waals surface area (Å²) in [5, 5.41) is 10.6. The number of nitrogen functional groups attached to an aromatic ring is 1. The number of aromatic nitrogens is 4. The molecule has 0 spiro atoms. The van der Waals surface area contributed by atoms with Crippen molar-refractivity contribution < 1.29 is 69.8 Å². The Labute approximate surface area is 193 Å². The molecular formula is C12H18F2N5O13P3. The summed E-state index contributed by atoms with van der Waals surface area (Å²) in [6, 6.07) is 0. The van der Waals surface area contributed by atoms with Crippen molar-refractivity contribution in [2.45, 2.75) is 37.6 Å². The highest BCUT2D eigenvalue weighted by atomic mass is 31.3. The molecule has 23 heteroatoms. The number of aliphatic hydroxyl groups is 1. The summed E-state index contributed by atoms with van der Waals surface area (Å²) < 4.78 is 83.1. The lowest BCUT2D eigenvalue weighted by molar-refractivity contribution is -0.198. The van der Waals surface area contributed by atoms with E-state index in [4.69, 9.17) is 20.3 Å². The number of phosphoric ester groups is 1. The van der Waals surface area contributed by atoms with Gasteiger partial charge < -0.3 is 39.9 Å². The number of nitrogens with zero attached hydrogens (tertiary/aromatic N) is 4. The predicted molar refractivity (Wildman–Crippen MR) is 105 cm³/mol. The highest BCUT2D eigenvalue weighted by molar-refractivity contribution is 7.66. The Kier molecular flexibility index (Phi) is 7.82. The Bertz CT molecular complexity index is 1230. The van der Waals surface area contributed by atoms with E-state index in [9.17, 15) is 37.4 Å². The third kappa shape index (κ3) is 6.64. The molecule has 6 atom stereocenters. The highest BCUT2D eigenvalue weighted by Gasteiger charge is 2.56. The van der Waals surface area contributed by atoms with Gasteiger partial charge in [-0.1, -0.05) is 0 Å². The van der Waals surface area contributed by atoms with Gasteiger partial charge in [0.1, 0.15) is 29.7 Å². The van der Waals surface area contributed by atoms with Crippen molar-refractivity contribution in [2.24, 2.45) is 0 Å². The van der Waals surface area contributed by atoms with Crippen LogP contribution in [0.25, 0.3) is 11.2 Å². The second kappa shape index (κ2) is 9.75. The summed E-state index contributed by atoms with van der Waals surface area (Å²) >= 11 is 0. The van der Waals surface area contributed by atoms with Crippen LogP contribution in [0.1, 0.15) is 13.2 Å². The number of rotatable bonds is 10. The van der Waals surface area contributed by atoms with Gasteiger partial charge in [0.05, 0.1) is 12.9 Å². The summed E-state index contributed by atoms with van der Waals surface area (Å²) in [7, 11) is -17.1. The summed E-state index contributed by atoms with van der Waals surface area (Å²) in [5.74, 6) is -0.0611. The molecule has 6 unspecified atom stereocenters. The van der Waals surface area contributed by atoms with Crippen LogP contribution in [-0.2, 0) is 36.3 Å². The van der Waals surface area contributed by atoms with Gasteiger partial charge in [0.25, 0.3) is 0 Å². The zero-order chi connectivity index (χ0) is 26.4. The van der Waals surface area contributed by atoms with Crippen LogP contribution in [0.15, 0.2) is 12.7 Å². The number of halogens is 2. The maximum atomic E-state index is 13.1. The molecular weight excluding hydrogens is 553 g/mol. The molecule has 1 fully saturated rings. The van der Waals surface area contributed by atoms with Gasteiger partial charge in [-0.15, -0.1) is 0 Å². The Morgan fingerprint density at radius 1 is 1.17 bits per heavy atom. The fraction of sp³-hybridized carbons (Fsp3) is 0.583. The molecule has 0 bridgehead atoms. The number of nitrogens with two attached hydrogens (primary N) is 1. The Morgan fingerprint density at radius 3 is 2.43 bits per heavy atom. The monoisotopic (exact) mass is 571 g/mol. The van der Waals surface area contributed by atoms with E-state index in [0.29, 0.717) is 0 Å². The second-order valence-corrected chi connectivity index (χ2v) is 11.5. The van der Waals surface area contributed by atoms with Crippen molar-refractivity contribution in [2.75, 3.05) is 12.3 Å². The molecule has 0 aliphatic carbocycles. The number of aliphatic hydroxyl groups excluding tert-OH is 1. The third-order valence-corrected chi connectivity index (χ3v) is 8.24. The van der Waals surface area contributed by atoms with E-state index >= 15 is 0 Å². The number of fused-ring (bicyclic) bond motifs is 1. The smallest absolute Gasteiger partial charge is 0.387 e. The lowest BCUT2D eigenvalue weighted by Gasteiger charge is -2.28. The first-order valence-electron chi connectivity index (χ1n) is 8.94. The Morgan fingerprint density at radius 2 is 1.83 bits per heavy atom. The van der Waals surface area contributed by atoms with Crippen LogP contribution >= 0.6 is 23.5 Å². The van der Waals surface area contributed by atoms with Crippen molar-refractivity contribution in [3.8, 4) is 0 Å². The van der Waals surface area contributed by atoms with Gasteiger partial charge in [0.15, 0.2) is 17.7 Å². The van der Waals surface area contributed by atoms with Gasteiger partial charge in [-0.2, -0.15) is 17.4 Å². The SMILES string of the molecule is CC1(COP(=O)(O)OP(=O)(O)OP(=O)(O)O)OC(n2cnc3c(N)ncnc32)C(OC(F)F)C1O. The van der Waals surface area contributed by atoms with Crippen molar-refractivity contribution in [3.05, 3.63) is 12.7 Å². The molecule has 7 N–H and O–H groups in total. The molecule has 1 saturated heterocycles. The molecule has 0 radical (unpaired) electrons. The first-order valence-corrected chi connectivity index (χ1v) is 13.5. The van der Waals surface area contributed by atoms with Crippen LogP contribution in [0.2, 0.25) is 0 Å². The van der Waals surface area contributed by atoms with Crippen LogP contribution < -0.4 is 5.73 Å². The van der Waals surface area contributed by atoms with Gasteiger partial charge in [-0.05, 0) is 6.92 Å². The molecule has 1 aliphatic heterocycles. The molecule has 0 amide bonds. The minimum Gasteiger partial charge on any atom is -0.387 e. The zero-order valence-corrected chi connectivity index (χ0v) is 19.8. The van der Waals surface area contributed by atoms with Crippen LogP contribution in [0.5, 0.6) is 0 Å². The molecule has 18 nitrogen and oxygen atoms in total. The fourth-order valence-electron chi connectivity index (χ4n) is 3.08. The molecule has 35 heavy (non-hydrogen) atoms. The number of imidazole rings is 1. The summed E-state index contributed by atoms with van der Waals surface area (Å²) in [6.45, 7) is -3.51. The second-order valence-electron chi connectivity index (χ2n) is 7.07. The van der Waals surface area contributed by atoms with Gasteiger partial charge in [-0.25, -0.2) is 28.6 Å². The van der Waals surface area contributed by atoms with Gasteiger partial charge in [0.2, 0.25) is 0 Å². The quantitative estimate of drug-likeness (QED) is 0.205. The third-order valence-electron chi connectivity index (χ3n) is 4.46. The minimum atomic E-state index is -5.82. The first kappa shape index (κ1) is 28.1. The standard InChI is InChI=1S/C12H18F2N5O13P3/c1-12(2-28-34(24,25)32-35(26,27)31-33(21,22)23)7(20)6(29-11(13)14)10(30-12)19-4-18-5-8(15)16-3-17-9(5)19/h3-4,6-7,10-11,20H,2H2,1H3,(H,24,25)(H,26,27)(H2,15,16,17)(H2,21,22,23). The van der Waals surface area contributed by atoms with E-state index in [0.717, 1.165) is 24.1 Å². The lowest BCUT2D eigenvalue weighted by atomic mass is 9.98. The first-order chi connectivity index (χ1) is 15.9. The maximum absolute atomic E-state index is 13.1. The fourth-order valence-corrected chi connectivity index (χ4v) is 6.19. The number of hydrogen-bond donors (Lipinski definition) is 6. The van der Waals surface area contributed by atoms with E-state index < -0.39 is 60.7 Å². The molecule has 0 saturated carbocycles. The predicted octanol–water partition coefficient (Wildman–Crippen LogP) is 0.00800. The van der Waals surface area contributed by atoms with Crippen LogP contribution in [0.3, 0.4) is 0 Å². The maximum Gasteiger partial charge on any atom is 0.490 e. The number of anilines is 1. The van der Waals surface area contributed by atoms with Crippen molar-refractivity contribution >= 4 is 40.4 Å².